The summed E-state index contributed by atoms with van der Waals surface area (Å²) in [6, 6.07) is 14.7. The Bertz CT molecular complexity index is 1530. The highest BCUT2D eigenvalue weighted by atomic mass is 35.5. The molecule has 0 radical (unpaired) electrons. The number of ether oxygens (including phenoxy) is 2. The van der Waals surface area contributed by atoms with Gasteiger partial charge in [-0.2, -0.15) is 4.98 Å². The van der Waals surface area contributed by atoms with Crippen LogP contribution in [0, 0.1) is 24.4 Å². The van der Waals surface area contributed by atoms with Gasteiger partial charge in [-0.05, 0) is 61.9 Å². The second kappa shape index (κ2) is 11.4. The standard InChI is InChI=1S/C28H20ClF3N2O4/c1-3-37-27-23(32)14-21(25(29)34-27)28(36)38-24-11-6-16(19-10-7-17(30)13-22(19)31)12-20(24)26(35)33-18-8-4-15(2)5-9-18/h4-14H,3H2,1-2H3,(H,33,35). The summed E-state index contributed by atoms with van der Waals surface area (Å²) >= 11 is 6.05. The van der Waals surface area contributed by atoms with E-state index in [4.69, 9.17) is 21.1 Å². The number of nitrogens with one attached hydrogen (secondary N) is 1. The lowest BCUT2D eigenvalue weighted by molar-refractivity contribution is 0.0732. The fourth-order valence-corrected chi connectivity index (χ4v) is 3.72. The number of benzene rings is 3. The van der Waals surface area contributed by atoms with E-state index in [1.807, 2.05) is 6.92 Å². The van der Waals surface area contributed by atoms with Crippen molar-refractivity contribution in [3.05, 3.63) is 106 Å². The van der Waals surface area contributed by atoms with Crippen molar-refractivity contribution in [3.63, 3.8) is 0 Å². The monoisotopic (exact) mass is 540 g/mol. The molecule has 0 spiro atoms. The first kappa shape index (κ1) is 26.7. The highest BCUT2D eigenvalue weighted by molar-refractivity contribution is 6.32. The van der Waals surface area contributed by atoms with Crippen LogP contribution in [0.1, 0.15) is 33.2 Å². The first-order valence-corrected chi connectivity index (χ1v) is 11.7. The lowest BCUT2D eigenvalue weighted by Gasteiger charge is -2.14. The van der Waals surface area contributed by atoms with Gasteiger partial charge in [0.2, 0.25) is 0 Å². The molecular weight excluding hydrogens is 521 g/mol. The number of nitrogens with zero attached hydrogens (tertiary/aromatic N) is 1. The molecular formula is C28H20ClF3N2O4. The molecule has 0 saturated carbocycles. The van der Waals surface area contributed by atoms with E-state index < -0.39 is 34.9 Å². The van der Waals surface area contributed by atoms with E-state index in [1.165, 1.54) is 24.3 Å². The first-order chi connectivity index (χ1) is 18.2. The minimum absolute atomic E-state index is 0.0227. The predicted octanol–water partition coefficient (Wildman–Crippen LogP) is 7.00. The molecule has 0 bridgehead atoms. The number of aryl methyl sites for hydroxylation is 1. The van der Waals surface area contributed by atoms with Gasteiger partial charge in [0.15, 0.2) is 5.82 Å². The molecule has 0 aliphatic heterocycles. The summed E-state index contributed by atoms with van der Waals surface area (Å²) in [5.41, 5.74) is 1.14. The summed E-state index contributed by atoms with van der Waals surface area (Å²) in [6.45, 7) is 3.64. The Morgan fingerprint density at radius 3 is 2.34 bits per heavy atom. The van der Waals surface area contributed by atoms with Crippen molar-refractivity contribution < 1.29 is 32.2 Å². The zero-order valence-electron chi connectivity index (χ0n) is 20.2. The normalized spacial score (nSPS) is 10.7. The first-order valence-electron chi connectivity index (χ1n) is 11.3. The van der Waals surface area contributed by atoms with Crippen molar-refractivity contribution in [1.82, 2.24) is 4.98 Å². The number of amides is 1. The fourth-order valence-electron chi connectivity index (χ4n) is 3.51. The van der Waals surface area contributed by atoms with Crippen LogP contribution in [-0.4, -0.2) is 23.5 Å². The molecule has 0 atom stereocenters. The summed E-state index contributed by atoms with van der Waals surface area (Å²) in [5, 5.41) is 2.32. The molecule has 10 heteroatoms. The third kappa shape index (κ3) is 5.95. The highest BCUT2D eigenvalue weighted by Gasteiger charge is 2.23. The molecule has 3 aromatic carbocycles. The molecule has 1 aromatic heterocycles. The molecule has 1 N–H and O–H groups in total. The molecule has 1 amide bonds. The number of carbonyl (C=O) groups excluding carboxylic acids is 2. The Morgan fingerprint density at radius 2 is 1.66 bits per heavy atom. The lowest BCUT2D eigenvalue weighted by Crippen LogP contribution is -2.17. The van der Waals surface area contributed by atoms with Gasteiger partial charge in [-0.1, -0.05) is 35.4 Å². The van der Waals surface area contributed by atoms with Gasteiger partial charge in [0.1, 0.15) is 28.1 Å². The fraction of sp³-hybridized carbons (Fsp3) is 0.107. The van der Waals surface area contributed by atoms with E-state index in [1.54, 1.807) is 31.2 Å². The van der Waals surface area contributed by atoms with Crippen LogP contribution in [0.2, 0.25) is 5.15 Å². The molecule has 1 heterocycles. The van der Waals surface area contributed by atoms with Gasteiger partial charge in [-0.15, -0.1) is 0 Å². The van der Waals surface area contributed by atoms with Crippen molar-refractivity contribution in [3.8, 4) is 22.8 Å². The Labute approximate surface area is 221 Å². The van der Waals surface area contributed by atoms with E-state index in [0.717, 1.165) is 17.7 Å². The maximum atomic E-state index is 14.5. The molecule has 0 unspecified atom stereocenters. The van der Waals surface area contributed by atoms with Crippen LogP contribution in [0.5, 0.6) is 11.6 Å². The molecule has 0 saturated heterocycles. The van der Waals surface area contributed by atoms with Gasteiger partial charge in [0.25, 0.3) is 11.8 Å². The van der Waals surface area contributed by atoms with Gasteiger partial charge in [0.05, 0.1) is 12.2 Å². The average molecular weight is 541 g/mol. The SMILES string of the molecule is CCOc1nc(Cl)c(C(=O)Oc2ccc(-c3ccc(F)cc3F)cc2C(=O)Nc2ccc(C)cc2)cc1F. The van der Waals surface area contributed by atoms with Crippen molar-refractivity contribution in [2.24, 2.45) is 0 Å². The van der Waals surface area contributed by atoms with Gasteiger partial charge in [-0.25, -0.2) is 18.0 Å². The average Bonchev–Trinajstić information content (AvgIpc) is 2.88. The Kier molecular flexibility index (Phi) is 7.97. The number of hydrogen-bond acceptors (Lipinski definition) is 5. The van der Waals surface area contributed by atoms with Gasteiger partial charge in [-0.3, -0.25) is 4.79 Å². The molecule has 6 nitrogen and oxygen atoms in total. The second-order valence-electron chi connectivity index (χ2n) is 8.09. The van der Waals surface area contributed by atoms with E-state index in [0.29, 0.717) is 11.8 Å². The van der Waals surface area contributed by atoms with Crippen molar-refractivity contribution in [1.29, 1.82) is 0 Å². The molecule has 4 aromatic rings. The number of esters is 1. The van der Waals surface area contributed by atoms with E-state index in [2.05, 4.69) is 10.3 Å². The van der Waals surface area contributed by atoms with Gasteiger partial charge < -0.3 is 14.8 Å². The Morgan fingerprint density at radius 1 is 0.921 bits per heavy atom. The lowest BCUT2D eigenvalue weighted by atomic mass is 10.0. The summed E-state index contributed by atoms with van der Waals surface area (Å²) in [6.07, 6.45) is 0. The van der Waals surface area contributed by atoms with Crippen LogP contribution in [0.25, 0.3) is 11.1 Å². The van der Waals surface area contributed by atoms with Crippen molar-refractivity contribution in [2.75, 3.05) is 11.9 Å². The van der Waals surface area contributed by atoms with Crippen LogP contribution in [-0.2, 0) is 0 Å². The van der Waals surface area contributed by atoms with Gasteiger partial charge >= 0.3 is 5.97 Å². The summed E-state index contributed by atoms with van der Waals surface area (Å²) < 4.78 is 52.6. The number of rotatable bonds is 7. The summed E-state index contributed by atoms with van der Waals surface area (Å²) in [5.74, 6) is -4.89. The van der Waals surface area contributed by atoms with Crippen LogP contribution in [0.4, 0.5) is 18.9 Å². The molecule has 0 aliphatic rings. The molecule has 4 rings (SSSR count). The largest absolute Gasteiger partial charge is 0.476 e. The maximum Gasteiger partial charge on any atom is 0.346 e. The van der Waals surface area contributed by atoms with E-state index in [9.17, 15) is 22.8 Å². The van der Waals surface area contributed by atoms with Crippen LogP contribution >= 0.6 is 11.6 Å². The van der Waals surface area contributed by atoms with Crippen LogP contribution in [0.15, 0.2) is 66.7 Å². The van der Waals surface area contributed by atoms with Crippen LogP contribution in [0.3, 0.4) is 0 Å². The minimum Gasteiger partial charge on any atom is -0.476 e. The number of hydrogen-bond donors (Lipinski definition) is 1. The minimum atomic E-state index is -1.09. The molecule has 0 fully saturated rings. The van der Waals surface area contributed by atoms with Gasteiger partial charge in [0, 0.05) is 17.3 Å². The zero-order valence-corrected chi connectivity index (χ0v) is 20.9. The Balaban J connectivity index is 1.72. The van der Waals surface area contributed by atoms with Crippen LogP contribution < -0.4 is 14.8 Å². The second-order valence-corrected chi connectivity index (χ2v) is 8.45. The van der Waals surface area contributed by atoms with E-state index in [-0.39, 0.29) is 40.1 Å². The van der Waals surface area contributed by atoms with Crippen molar-refractivity contribution in [2.45, 2.75) is 13.8 Å². The number of halogens is 4. The molecule has 0 aliphatic carbocycles. The summed E-state index contributed by atoms with van der Waals surface area (Å²) in [7, 11) is 0. The topological polar surface area (TPSA) is 77.5 Å². The van der Waals surface area contributed by atoms with E-state index >= 15 is 0 Å². The van der Waals surface area contributed by atoms with Crippen molar-refractivity contribution >= 4 is 29.2 Å². The quantitative estimate of drug-likeness (QED) is 0.155. The third-order valence-corrected chi connectivity index (χ3v) is 5.66. The maximum absolute atomic E-state index is 14.5. The highest BCUT2D eigenvalue weighted by Crippen LogP contribution is 2.31. The molecule has 194 valence electrons. The zero-order chi connectivity index (χ0) is 27.4. The predicted molar refractivity (Wildman–Crippen MR) is 136 cm³/mol. The number of carbonyl (C=O) groups is 2. The Hall–Kier alpha value is -4.37. The molecule has 38 heavy (non-hydrogen) atoms. The smallest absolute Gasteiger partial charge is 0.346 e. The number of anilines is 1. The summed E-state index contributed by atoms with van der Waals surface area (Å²) in [4.78, 5) is 29.8. The number of pyridine rings is 1. The third-order valence-electron chi connectivity index (χ3n) is 5.38. The number of aromatic nitrogens is 1.